The molecule has 1 atom stereocenters. The van der Waals surface area contributed by atoms with Crippen molar-refractivity contribution in [3.63, 3.8) is 0 Å². The lowest BCUT2D eigenvalue weighted by atomic mass is 10.0. The summed E-state index contributed by atoms with van der Waals surface area (Å²) in [6.45, 7) is 13.1. The van der Waals surface area contributed by atoms with Crippen LogP contribution in [0.15, 0.2) is 24.3 Å². The number of amides is 1. The minimum atomic E-state index is -0.480. The average Bonchev–Trinajstić information content (AvgIpc) is 2.66. The molecule has 0 bridgehead atoms. The molecule has 3 rings (SSSR count). The summed E-state index contributed by atoms with van der Waals surface area (Å²) in [4.78, 5) is 26.1. The number of nitrogens with zero attached hydrogens (tertiary/aromatic N) is 4. The van der Waals surface area contributed by atoms with E-state index >= 15 is 0 Å². The second-order valence-corrected chi connectivity index (χ2v) is 8.48. The molecule has 1 fully saturated rings. The molecule has 2 aromatic rings. The van der Waals surface area contributed by atoms with Crippen LogP contribution in [0.2, 0.25) is 0 Å². The van der Waals surface area contributed by atoms with Crippen LogP contribution in [-0.2, 0) is 4.79 Å². The Labute approximate surface area is 172 Å². The monoisotopic (exact) mass is 400 g/mol. The minimum absolute atomic E-state index is 0.00437. The fraction of sp³-hybridized carbons (Fsp3) is 0.500. The molecule has 0 aliphatic carbocycles. The molecule has 0 saturated carbocycles. The lowest BCUT2D eigenvalue weighted by Gasteiger charge is -2.37. The highest BCUT2D eigenvalue weighted by Crippen LogP contribution is 2.31. The number of hydrogen-bond donors (Lipinski definition) is 0. The summed E-state index contributed by atoms with van der Waals surface area (Å²) in [6, 6.07) is 8.29. The van der Waals surface area contributed by atoms with Crippen molar-refractivity contribution in [3.8, 4) is 11.4 Å². The van der Waals surface area contributed by atoms with Crippen molar-refractivity contribution in [1.29, 1.82) is 0 Å². The number of carbonyl (C=O) groups excluding carboxylic acids is 1. The normalized spacial score (nSPS) is 15.8. The SMILES string of the molecule is Cc1cccc(-c2nc(C)c(C(C)C)c(N3CCN(C(=O)[C@H](C)Cl)CC3)n2)c1. The van der Waals surface area contributed by atoms with Crippen molar-refractivity contribution in [2.24, 2.45) is 0 Å². The minimum Gasteiger partial charge on any atom is -0.353 e. The van der Waals surface area contributed by atoms with Crippen LogP contribution in [0.25, 0.3) is 11.4 Å². The number of rotatable bonds is 4. The van der Waals surface area contributed by atoms with E-state index in [9.17, 15) is 4.79 Å². The van der Waals surface area contributed by atoms with Crippen LogP contribution < -0.4 is 4.90 Å². The molecule has 0 unspecified atom stereocenters. The number of aryl methyl sites for hydroxylation is 2. The molecule has 1 aromatic heterocycles. The van der Waals surface area contributed by atoms with Gasteiger partial charge in [0.25, 0.3) is 0 Å². The van der Waals surface area contributed by atoms with Crippen LogP contribution in [-0.4, -0.2) is 52.3 Å². The summed E-state index contributed by atoms with van der Waals surface area (Å²) in [7, 11) is 0. The van der Waals surface area contributed by atoms with Gasteiger partial charge in [0.15, 0.2) is 5.82 Å². The van der Waals surface area contributed by atoms with Gasteiger partial charge in [-0.05, 0) is 32.8 Å². The fourth-order valence-electron chi connectivity index (χ4n) is 3.79. The molecule has 0 radical (unpaired) electrons. The zero-order valence-electron chi connectivity index (χ0n) is 17.4. The number of halogens is 1. The number of piperazine rings is 1. The van der Waals surface area contributed by atoms with Gasteiger partial charge in [0.1, 0.15) is 11.2 Å². The quantitative estimate of drug-likeness (QED) is 0.723. The van der Waals surface area contributed by atoms with Crippen molar-refractivity contribution in [2.45, 2.75) is 45.9 Å². The number of hydrogen-bond acceptors (Lipinski definition) is 4. The summed E-state index contributed by atoms with van der Waals surface area (Å²) in [5.74, 6) is 2.08. The van der Waals surface area contributed by atoms with Crippen LogP contribution >= 0.6 is 11.6 Å². The topological polar surface area (TPSA) is 49.3 Å². The van der Waals surface area contributed by atoms with E-state index in [1.807, 2.05) is 11.0 Å². The van der Waals surface area contributed by atoms with E-state index in [-0.39, 0.29) is 5.91 Å². The van der Waals surface area contributed by atoms with Crippen molar-refractivity contribution < 1.29 is 4.79 Å². The van der Waals surface area contributed by atoms with Crippen LogP contribution in [0.1, 0.15) is 43.5 Å². The molecule has 6 heteroatoms. The first-order chi connectivity index (χ1) is 13.3. The van der Waals surface area contributed by atoms with Gasteiger partial charge in [-0.2, -0.15) is 0 Å². The Morgan fingerprint density at radius 3 is 2.32 bits per heavy atom. The number of benzene rings is 1. The van der Waals surface area contributed by atoms with Gasteiger partial charge in [0.05, 0.1) is 0 Å². The summed E-state index contributed by atoms with van der Waals surface area (Å²) < 4.78 is 0. The van der Waals surface area contributed by atoms with Gasteiger partial charge in [-0.25, -0.2) is 9.97 Å². The third-order valence-electron chi connectivity index (χ3n) is 5.20. The van der Waals surface area contributed by atoms with Gasteiger partial charge >= 0.3 is 0 Å². The first kappa shape index (κ1) is 20.6. The van der Waals surface area contributed by atoms with Gasteiger partial charge in [0, 0.05) is 43.0 Å². The predicted molar refractivity (Wildman–Crippen MR) is 115 cm³/mol. The van der Waals surface area contributed by atoms with Gasteiger partial charge in [0.2, 0.25) is 5.91 Å². The predicted octanol–water partition coefficient (Wildman–Crippen LogP) is 4.16. The largest absolute Gasteiger partial charge is 0.353 e. The molecular weight excluding hydrogens is 372 g/mol. The first-order valence-corrected chi connectivity index (χ1v) is 10.3. The highest BCUT2D eigenvalue weighted by atomic mass is 35.5. The summed E-state index contributed by atoms with van der Waals surface area (Å²) in [5.41, 5.74) is 4.42. The van der Waals surface area contributed by atoms with Crippen molar-refractivity contribution >= 4 is 23.3 Å². The Bertz CT molecular complexity index is 858. The molecule has 1 aliphatic heterocycles. The molecule has 28 heavy (non-hydrogen) atoms. The molecule has 2 heterocycles. The van der Waals surface area contributed by atoms with E-state index in [0.717, 1.165) is 36.0 Å². The Hall–Kier alpha value is -2.14. The maximum absolute atomic E-state index is 12.2. The van der Waals surface area contributed by atoms with Gasteiger partial charge < -0.3 is 9.80 Å². The van der Waals surface area contributed by atoms with Crippen molar-refractivity contribution in [1.82, 2.24) is 14.9 Å². The van der Waals surface area contributed by atoms with E-state index in [4.69, 9.17) is 21.6 Å². The molecular formula is C22H29ClN4O. The summed E-state index contributed by atoms with van der Waals surface area (Å²) in [6.07, 6.45) is 0. The third-order valence-corrected chi connectivity index (χ3v) is 5.39. The molecule has 5 nitrogen and oxygen atoms in total. The Morgan fingerprint density at radius 2 is 1.75 bits per heavy atom. The number of aromatic nitrogens is 2. The zero-order valence-corrected chi connectivity index (χ0v) is 18.1. The third kappa shape index (κ3) is 4.30. The number of alkyl halides is 1. The van der Waals surface area contributed by atoms with E-state index in [0.29, 0.717) is 19.0 Å². The highest BCUT2D eigenvalue weighted by molar-refractivity contribution is 6.30. The van der Waals surface area contributed by atoms with Crippen molar-refractivity contribution in [3.05, 3.63) is 41.1 Å². The molecule has 1 aromatic carbocycles. The average molecular weight is 401 g/mol. The Kier molecular flexibility index (Phi) is 6.23. The van der Waals surface area contributed by atoms with E-state index in [2.05, 4.69) is 50.8 Å². The highest BCUT2D eigenvalue weighted by Gasteiger charge is 2.27. The van der Waals surface area contributed by atoms with Gasteiger partial charge in [-0.1, -0.05) is 37.6 Å². The van der Waals surface area contributed by atoms with E-state index in [1.54, 1.807) is 6.92 Å². The van der Waals surface area contributed by atoms with Crippen molar-refractivity contribution in [2.75, 3.05) is 31.1 Å². The second-order valence-electron chi connectivity index (χ2n) is 7.82. The number of anilines is 1. The lowest BCUT2D eigenvalue weighted by molar-refractivity contribution is -0.130. The van der Waals surface area contributed by atoms with Gasteiger partial charge in [-0.15, -0.1) is 11.6 Å². The smallest absolute Gasteiger partial charge is 0.240 e. The maximum atomic E-state index is 12.2. The number of carbonyl (C=O) groups is 1. The molecule has 1 aliphatic rings. The fourth-order valence-corrected chi connectivity index (χ4v) is 3.92. The Balaban J connectivity index is 1.94. The summed E-state index contributed by atoms with van der Waals surface area (Å²) >= 11 is 5.98. The van der Waals surface area contributed by atoms with Crippen LogP contribution in [0.4, 0.5) is 5.82 Å². The summed E-state index contributed by atoms with van der Waals surface area (Å²) in [5, 5.41) is -0.480. The molecule has 1 amide bonds. The van der Waals surface area contributed by atoms with Crippen LogP contribution in [0.5, 0.6) is 0 Å². The second kappa shape index (κ2) is 8.48. The molecule has 0 N–H and O–H groups in total. The van der Waals surface area contributed by atoms with E-state index in [1.165, 1.54) is 11.1 Å². The molecule has 0 spiro atoms. The molecule has 1 saturated heterocycles. The Morgan fingerprint density at radius 1 is 1.07 bits per heavy atom. The lowest BCUT2D eigenvalue weighted by Crippen LogP contribution is -2.51. The first-order valence-electron chi connectivity index (χ1n) is 9.91. The maximum Gasteiger partial charge on any atom is 0.240 e. The molecule has 150 valence electrons. The van der Waals surface area contributed by atoms with Crippen LogP contribution in [0, 0.1) is 13.8 Å². The van der Waals surface area contributed by atoms with E-state index < -0.39 is 5.38 Å². The standard InChI is InChI=1S/C22H29ClN4O/c1-14(2)19-17(5)24-20(18-8-6-7-15(3)13-18)25-21(19)26-9-11-27(12-10-26)22(28)16(4)23/h6-8,13-14,16H,9-12H2,1-5H3/t16-/m0/s1. The van der Waals surface area contributed by atoms with Crippen LogP contribution in [0.3, 0.4) is 0 Å². The van der Waals surface area contributed by atoms with Gasteiger partial charge in [-0.3, -0.25) is 4.79 Å². The zero-order chi connectivity index (χ0) is 20.4.